The van der Waals surface area contributed by atoms with E-state index in [1.807, 2.05) is 6.92 Å². The zero-order valence-electron chi connectivity index (χ0n) is 9.87. The maximum atomic E-state index is 13.9. The standard InChI is InChI=1S/C13H13BrFNO2/c1-2-8-10(6-12(17)16-13(8)18)9-4-3-7(14)5-11(9)15/h3-5,8,10H,2,6H2,1H3,(H,16,17,18). The van der Waals surface area contributed by atoms with E-state index >= 15 is 0 Å². The number of hydrogen-bond donors (Lipinski definition) is 1. The van der Waals surface area contributed by atoms with Crippen molar-refractivity contribution in [3.05, 3.63) is 34.1 Å². The van der Waals surface area contributed by atoms with E-state index in [0.29, 0.717) is 16.5 Å². The van der Waals surface area contributed by atoms with Gasteiger partial charge in [0.25, 0.3) is 0 Å². The van der Waals surface area contributed by atoms with Crippen LogP contribution in [0.25, 0.3) is 0 Å². The van der Waals surface area contributed by atoms with Gasteiger partial charge in [-0.2, -0.15) is 0 Å². The van der Waals surface area contributed by atoms with Gasteiger partial charge in [0.2, 0.25) is 11.8 Å². The first-order chi connectivity index (χ1) is 8.52. The fraction of sp³-hybridized carbons (Fsp3) is 0.385. The Morgan fingerprint density at radius 1 is 1.44 bits per heavy atom. The Hall–Kier alpha value is -1.23. The molecule has 18 heavy (non-hydrogen) atoms. The van der Waals surface area contributed by atoms with E-state index in [9.17, 15) is 14.0 Å². The number of piperidine rings is 1. The molecule has 0 aromatic heterocycles. The van der Waals surface area contributed by atoms with E-state index in [-0.39, 0.29) is 35.9 Å². The summed E-state index contributed by atoms with van der Waals surface area (Å²) >= 11 is 3.19. The van der Waals surface area contributed by atoms with Crippen LogP contribution in [0.1, 0.15) is 31.2 Å². The Balaban J connectivity index is 2.39. The van der Waals surface area contributed by atoms with Crippen LogP contribution in [0.5, 0.6) is 0 Å². The summed E-state index contributed by atoms with van der Waals surface area (Å²) in [6.07, 6.45) is 0.738. The quantitative estimate of drug-likeness (QED) is 0.853. The lowest BCUT2D eigenvalue weighted by atomic mass is 9.79. The monoisotopic (exact) mass is 313 g/mol. The zero-order chi connectivity index (χ0) is 13.3. The molecule has 1 fully saturated rings. The second-order valence-corrected chi connectivity index (χ2v) is 5.32. The van der Waals surface area contributed by atoms with Gasteiger partial charge in [0, 0.05) is 22.7 Å². The molecular weight excluding hydrogens is 301 g/mol. The van der Waals surface area contributed by atoms with E-state index in [1.165, 1.54) is 6.07 Å². The van der Waals surface area contributed by atoms with Crippen molar-refractivity contribution >= 4 is 27.7 Å². The highest BCUT2D eigenvalue weighted by Crippen LogP contribution is 2.35. The van der Waals surface area contributed by atoms with Crippen LogP contribution in [0, 0.1) is 11.7 Å². The molecule has 2 unspecified atom stereocenters. The lowest BCUT2D eigenvalue weighted by Gasteiger charge is -2.29. The number of carbonyl (C=O) groups excluding carboxylic acids is 2. The van der Waals surface area contributed by atoms with Gasteiger partial charge in [0.1, 0.15) is 5.82 Å². The number of imide groups is 1. The Morgan fingerprint density at radius 3 is 2.78 bits per heavy atom. The largest absolute Gasteiger partial charge is 0.296 e. The summed E-state index contributed by atoms with van der Waals surface area (Å²) in [4.78, 5) is 23.2. The summed E-state index contributed by atoms with van der Waals surface area (Å²) in [5.74, 6) is -1.74. The second-order valence-electron chi connectivity index (χ2n) is 4.40. The molecule has 1 N–H and O–H groups in total. The van der Waals surface area contributed by atoms with Crippen LogP contribution in [0.4, 0.5) is 4.39 Å². The first kappa shape index (κ1) is 13.2. The first-order valence-corrected chi connectivity index (χ1v) is 6.61. The van der Waals surface area contributed by atoms with E-state index in [1.54, 1.807) is 12.1 Å². The van der Waals surface area contributed by atoms with Crippen LogP contribution in [0.3, 0.4) is 0 Å². The molecule has 1 aromatic carbocycles. The van der Waals surface area contributed by atoms with Crippen molar-refractivity contribution in [1.29, 1.82) is 0 Å². The van der Waals surface area contributed by atoms with Crippen molar-refractivity contribution in [2.24, 2.45) is 5.92 Å². The van der Waals surface area contributed by atoms with Gasteiger partial charge in [-0.3, -0.25) is 14.9 Å². The van der Waals surface area contributed by atoms with Crippen LogP contribution >= 0.6 is 15.9 Å². The summed E-state index contributed by atoms with van der Waals surface area (Å²) < 4.78 is 14.6. The third kappa shape index (κ3) is 2.46. The van der Waals surface area contributed by atoms with E-state index in [2.05, 4.69) is 21.2 Å². The second kappa shape index (κ2) is 5.18. The van der Waals surface area contributed by atoms with Crippen molar-refractivity contribution in [1.82, 2.24) is 5.32 Å². The van der Waals surface area contributed by atoms with Gasteiger partial charge in [-0.15, -0.1) is 0 Å². The predicted octanol–water partition coefficient (Wildman–Crippen LogP) is 2.74. The molecule has 2 atom stereocenters. The Morgan fingerprint density at radius 2 is 2.17 bits per heavy atom. The normalized spacial score (nSPS) is 23.9. The maximum Gasteiger partial charge on any atom is 0.230 e. The molecule has 0 aliphatic carbocycles. The number of hydrogen-bond acceptors (Lipinski definition) is 2. The van der Waals surface area contributed by atoms with Crippen molar-refractivity contribution in [3.63, 3.8) is 0 Å². The van der Waals surface area contributed by atoms with E-state index in [0.717, 1.165) is 0 Å². The summed E-state index contributed by atoms with van der Waals surface area (Å²) in [7, 11) is 0. The molecule has 0 spiro atoms. The Bertz CT molecular complexity index is 504. The van der Waals surface area contributed by atoms with Gasteiger partial charge in [-0.25, -0.2) is 4.39 Å². The fourth-order valence-corrected chi connectivity index (χ4v) is 2.74. The molecule has 0 saturated carbocycles. The minimum absolute atomic E-state index is 0.156. The minimum atomic E-state index is -0.379. The van der Waals surface area contributed by atoms with Crippen molar-refractivity contribution in [3.8, 4) is 0 Å². The Kier molecular flexibility index (Phi) is 3.80. The number of amides is 2. The molecule has 3 nitrogen and oxygen atoms in total. The number of rotatable bonds is 2. The zero-order valence-corrected chi connectivity index (χ0v) is 11.5. The van der Waals surface area contributed by atoms with Crippen molar-refractivity contribution in [2.75, 3.05) is 0 Å². The molecule has 1 saturated heterocycles. The fourth-order valence-electron chi connectivity index (χ4n) is 2.40. The summed E-state index contributed by atoms with van der Waals surface area (Å²) in [6.45, 7) is 1.86. The average Bonchev–Trinajstić information content (AvgIpc) is 2.28. The smallest absolute Gasteiger partial charge is 0.230 e. The van der Waals surface area contributed by atoms with Crippen LogP contribution < -0.4 is 5.32 Å². The molecule has 0 radical (unpaired) electrons. The highest BCUT2D eigenvalue weighted by atomic mass is 79.9. The number of benzene rings is 1. The lowest BCUT2D eigenvalue weighted by molar-refractivity contribution is -0.137. The summed E-state index contributed by atoms with van der Waals surface area (Å²) in [5.41, 5.74) is 0.438. The van der Waals surface area contributed by atoms with Crippen LogP contribution in [-0.2, 0) is 9.59 Å². The van der Waals surface area contributed by atoms with Gasteiger partial charge >= 0.3 is 0 Å². The third-order valence-electron chi connectivity index (χ3n) is 3.29. The molecule has 5 heteroatoms. The molecule has 96 valence electrons. The van der Waals surface area contributed by atoms with Gasteiger partial charge in [0.15, 0.2) is 0 Å². The third-order valence-corrected chi connectivity index (χ3v) is 3.79. The summed E-state index contributed by atoms with van der Waals surface area (Å²) in [5, 5.41) is 2.30. The topological polar surface area (TPSA) is 46.2 Å². The maximum absolute atomic E-state index is 13.9. The number of carbonyl (C=O) groups is 2. The van der Waals surface area contributed by atoms with Gasteiger partial charge in [-0.1, -0.05) is 28.9 Å². The van der Waals surface area contributed by atoms with Gasteiger partial charge in [-0.05, 0) is 24.1 Å². The molecule has 2 rings (SSSR count). The summed E-state index contributed by atoms with van der Waals surface area (Å²) in [6, 6.07) is 4.72. The van der Waals surface area contributed by atoms with E-state index < -0.39 is 0 Å². The molecule has 2 amide bonds. The van der Waals surface area contributed by atoms with Crippen LogP contribution in [-0.4, -0.2) is 11.8 Å². The molecule has 1 aromatic rings. The number of nitrogens with one attached hydrogen (secondary N) is 1. The highest BCUT2D eigenvalue weighted by molar-refractivity contribution is 9.10. The lowest BCUT2D eigenvalue weighted by Crippen LogP contribution is -2.44. The van der Waals surface area contributed by atoms with Crippen molar-refractivity contribution in [2.45, 2.75) is 25.7 Å². The van der Waals surface area contributed by atoms with Gasteiger partial charge < -0.3 is 0 Å². The Labute approximate surface area is 113 Å². The first-order valence-electron chi connectivity index (χ1n) is 5.81. The highest BCUT2D eigenvalue weighted by Gasteiger charge is 2.36. The molecule has 1 aliphatic heterocycles. The van der Waals surface area contributed by atoms with Gasteiger partial charge in [0.05, 0.1) is 0 Å². The van der Waals surface area contributed by atoms with Crippen molar-refractivity contribution < 1.29 is 14.0 Å². The molecule has 1 heterocycles. The molecular formula is C13H13BrFNO2. The molecule has 0 bridgehead atoms. The van der Waals surface area contributed by atoms with Crippen LogP contribution in [0.2, 0.25) is 0 Å². The van der Waals surface area contributed by atoms with E-state index in [4.69, 9.17) is 0 Å². The predicted molar refractivity (Wildman–Crippen MR) is 68.4 cm³/mol. The average molecular weight is 314 g/mol. The van der Waals surface area contributed by atoms with Crippen LogP contribution in [0.15, 0.2) is 22.7 Å². The molecule has 1 aliphatic rings. The minimum Gasteiger partial charge on any atom is -0.296 e. The number of halogens is 2. The SMILES string of the molecule is CCC1C(=O)NC(=O)CC1c1ccc(Br)cc1F.